The van der Waals surface area contributed by atoms with Crippen LogP contribution in [-0.2, 0) is 17.4 Å². The topological polar surface area (TPSA) is 12.5 Å². The second-order valence-electron chi connectivity index (χ2n) is 9.82. The second-order valence-corrected chi connectivity index (χ2v) is 9.82. The molecule has 27 heavy (non-hydrogen) atoms. The molecule has 146 valence electrons. The molecule has 2 unspecified atom stereocenters. The highest BCUT2D eigenvalue weighted by molar-refractivity contribution is 5.48. The lowest BCUT2D eigenvalue weighted by molar-refractivity contribution is -0.0505. The van der Waals surface area contributed by atoms with E-state index in [1.54, 1.807) is 0 Å². The van der Waals surface area contributed by atoms with Crippen molar-refractivity contribution in [3.63, 3.8) is 0 Å². The lowest BCUT2D eigenvalue weighted by atomic mass is 9.77. The summed E-state index contributed by atoms with van der Waals surface area (Å²) in [6, 6.07) is 17.4. The normalized spacial score (nSPS) is 23.1. The maximum Gasteiger partial charge on any atom is 0.126 e. The summed E-state index contributed by atoms with van der Waals surface area (Å²) in [5.74, 6) is 1.10. The van der Waals surface area contributed by atoms with Crippen LogP contribution in [0, 0.1) is 0 Å². The molecule has 0 aromatic heterocycles. The minimum Gasteiger partial charge on any atom is -0.488 e. The van der Waals surface area contributed by atoms with Crippen LogP contribution in [0.3, 0.4) is 0 Å². The molecule has 0 radical (unpaired) electrons. The molecule has 3 rings (SSSR count). The summed E-state index contributed by atoms with van der Waals surface area (Å²) >= 11 is 0. The molecule has 2 nitrogen and oxygen atoms in total. The Morgan fingerprint density at radius 3 is 2.19 bits per heavy atom. The smallest absolute Gasteiger partial charge is 0.126 e. The Bertz CT molecular complexity index is 803. The van der Waals surface area contributed by atoms with Gasteiger partial charge >= 0.3 is 0 Å². The summed E-state index contributed by atoms with van der Waals surface area (Å²) in [7, 11) is 2.24. The number of hydrogen-bond donors (Lipinski definition) is 0. The van der Waals surface area contributed by atoms with Crippen LogP contribution in [0.1, 0.15) is 65.2 Å². The van der Waals surface area contributed by atoms with Gasteiger partial charge in [0.1, 0.15) is 11.9 Å². The lowest BCUT2D eigenvalue weighted by Gasteiger charge is -2.53. The highest BCUT2D eigenvalue weighted by atomic mass is 16.5. The third-order valence-electron chi connectivity index (χ3n) is 6.71. The third kappa shape index (κ3) is 3.40. The van der Waals surface area contributed by atoms with Gasteiger partial charge in [-0.2, -0.15) is 0 Å². The molecule has 1 aliphatic rings. The van der Waals surface area contributed by atoms with Crippen molar-refractivity contribution in [1.29, 1.82) is 0 Å². The Hall–Kier alpha value is -1.80. The molecule has 0 N–H and O–H groups in total. The lowest BCUT2D eigenvalue weighted by Crippen LogP contribution is -2.62. The summed E-state index contributed by atoms with van der Waals surface area (Å²) in [6.45, 7) is 16.0. The van der Waals surface area contributed by atoms with Crippen molar-refractivity contribution in [1.82, 2.24) is 4.90 Å². The van der Waals surface area contributed by atoms with Gasteiger partial charge in [-0.1, -0.05) is 69.3 Å². The van der Waals surface area contributed by atoms with Crippen LogP contribution in [0.2, 0.25) is 0 Å². The Kier molecular flexibility index (Phi) is 4.93. The van der Waals surface area contributed by atoms with Gasteiger partial charge in [-0.25, -0.2) is 0 Å². The highest BCUT2D eigenvalue weighted by Crippen LogP contribution is 2.45. The van der Waals surface area contributed by atoms with Crippen LogP contribution in [0.5, 0.6) is 5.75 Å². The maximum atomic E-state index is 6.62. The van der Waals surface area contributed by atoms with Gasteiger partial charge in [-0.3, -0.25) is 4.90 Å². The van der Waals surface area contributed by atoms with E-state index in [1.165, 1.54) is 16.7 Å². The quantitative estimate of drug-likeness (QED) is 0.668. The number of nitrogens with zero attached hydrogens (tertiary/aromatic N) is 1. The van der Waals surface area contributed by atoms with E-state index in [0.717, 1.165) is 12.2 Å². The van der Waals surface area contributed by atoms with Crippen LogP contribution >= 0.6 is 0 Å². The summed E-state index contributed by atoms with van der Waals surface area (Å²) in [5.41, 5.74) is 3.84. The molecule has 2 aromatic rings. The van der Waals surface area contributed by atoms with Crippen LogP contribution in [0.25, 0.3) is 0 Å². The fourth-order valence-corrected chi connectivity index (χ4v) is 4.36. The third-order valence-corrected chi connectivity index (χ3v) is 6.71. The largest absolute Gasteiger partial charge is 0.488 e. The predicted octanol–water partition coefficient (Wildman–Crippen LogP) is 5.93. The maximum absolute atomic E-state index is 6.62. The van der Waals surface area contributed by atoms with Crippen LogP contribution in [0.15, 0.2) is 48.5 Å². The van der Waals surface area contributed by atoms with Gasteiger partial charge in [-0.05, 0) is 63.3 Å². The van der Waals surface area contributed by atoms with Gasteiger partial charge in [0, 0.05) is 5.54 Å². The van der Waals surface area contributed by atoms with E-state index in [2.05, 4.69) is 109 Å². The average Bonchev–Trinajstić information content (AvgIpc) is 2.61. The summed E-state index contributed by atoms with van der Waals surface area (Å²) < 4.78 is 6.62. The molecule has 0 aliphatic carbocycles. The molecule has 0 fully saturated rings. The zero-order chi connectivity index (χ0) is 20.0. The first-order valence-electron chi connectivity index (χ1n) is 10.1. The van der Waals surface area contributed by atoms with E-state index >= 15 is 0 Å². The van der Waals surface area contributed by atoms with E-state index < -0.39 is 0 Å². The van der Waals surface area contributed by atoms with E-state index in [0.29, 0.717) is 0 Å². The van der Waals surface area contributed by atoms with Crippen molar-refractivity contribution in [2.45, 2.75) is 77.5 Å². The van der Waals surface area contributed by atoms with E-state index in [-0.39, 0.29) is 22.6 Å². The SMILES string of the molecule is CC1Oc2c(cccc2C(C)(C)C)CC1(C)N(C)C(C)(C)c1ccccc1. The van der Waals surface area contributed by atoms with Crippen molar-refractivity contribution in [3.8, 4) is 5.75 Å². The Morgan fingerprint density at radius 1 is 0.963 bits per heavy atom. The molecule has 2 heteroatoms. The van der Waals surface area contributed by atoms with Gasteiger partial charge in [-0.15, -0.1) is 0 Å². The fourth-order valence-electron chi connectivity index (χ4n) is 4.36. The van der Waals surface area contributed by atoms with E-state index in [4.69, 9.17) is 4.74 Å². The summed E-state index contributed by atoms with van der Waals surface area (Å²) in [4.78, 5) is 2.51. The molecular weight excluding hydrogens is 330 g/mol. The molecule has 2 atom stereocenters. The molecule has 0 amide bonds. The van der Waals surface area contributed by atoms with Crippen molar-refractivity contribution < 1.29 is 4.74 Å². The molecule has 0 saturated carbocycles. The number of benzene rings is 2. The molecule has 1 heterocycles. The minimum absolute atomic E-state index is 0.0774. The van der Waals surface area contributed by atoms with Crippen LogP contribution in [-0.4, -0.2) is 23.6 Å². The monoisotopic (exact) mass is 365 g/mol. The molecule has 0 bridgehead atoms. The minimum atomic E-state index is -0.0944. The second kappa shape index (κ2) is 6.67. The molecular formula is C25H35NO. The van der Waals surface area contributed by atoms with E-state index in [9.17, 15) is 0 Å². The van der Waals surface area contributed by atoms with Gasteiger partial charge in [0.05, 0.1) is 5.54 Å². The first-order valence-corrected chi connectivity index (χ1v) is 10.1. The molecule has 0 spiro atoms. The van der Waals surface area contributed by atoms with Crippen molar-refractivity contribution >= 4 is 0 Å². The zero-order valence-electron chi connectivity index (χ0n) is 18.3. The molecule has 0 saturated heterocycles. The van der Waals surface area contributed by atoms with Gasteiger partial charge in [0.2, 0.25) is 0 Å². The number of fused-ring (bicyclic) bond motifs is 1. The highest BCUT2D eigenvalue weighted by Gasteiger charge is 2.47. The standard InChI is InChI=1S/C25H35NO/c1-18-25(7,26(8)24(5,6)20-14-10-9-11-15-20)17-19-13-12-16-21(22(19)27-18)23(2,3)4/h9-16,18H,17H2,1-8H3. The van der Waals surface area contributed by atoms with Gasteiger partial charge in [0.15, 0.2) is 0 Å². The van der Waals surface area contributed by atoms with Crippen LogP contribution in [0.4, 0.5) is 0 Å². The van der Waals surface area contributed by atoms with Gasteiger partial charge in [0.25, 0.3) is 0 Å². The predicted molar refractivity (Wildman–Crippen MR) is 115 cm³/mol. The Balaban J connectivity index is 2.01. The molecule has 2 aromatic carbocycles. The molecule has 1 aliphatic heterocycles. The summed E-state index contributed by atoms with van der Waals surface area (Å²) in [5, 5.41) is 0. The van der Waals surface area contributed by atoms with Crippen molar-refractivity contribution in [2.75, 3.05) is 7.05 Å². The average molecular weight is 366 g/mol. The number of rotatable bonds is 3. The zero-order valence-corrected chi connectivity index (χ0v) is 18.3. The van der Waals surface area contributed by atoms with Crippen molar-refractivity contribution in [2.24, 2.45) is 0 Å². The number of ether oxygens (including phenoxy) is 1. The van der Waals surface area contributed by atoms with Crippen molar-refractivity contribution in [3.05, 3.63) is 65.2 Å². The first-order chi connectivity index (χ1) is 12.5. The number of likely N-dealkylation sites (N-methyl/N-ethyl adjacent to an activating group) is 1. The summed E-state index contributed by atoms with van der Waals surface area (Å²) in [6.07, 6.45) is 1.08. The van der Waals surface area contributed by atoms with Gasteiger partial charge < -0.3 is 4.74 Å². The first kappa shape index (κ1) is 19.9. The van der Waals surface area contributed by atoms with E-state index in [1.807, 2.05) is 0 Å². The Morgan fingerprint density at radius 2 is 1.59 bits per heavy atom. The van der Waals surface area contributed by atoms with Crippen LogP contribution < -0.4 is 4.74 Å². The Labute approximate surface area is 165 Å². The number of hydrogen-bond acceptors (Lipinski definition) is 2. The fraction of sp³-hybridized carbons (Fsp3) is 0.520. The number of para-hydroxylation sites is 1.